The Kier molecular flexibility index (Phi) is 1.43. The highest BCUT2D eigenvalue weighted by atomic mass is 15.3. The van der Waals surface area contributed by atoms with E-state index in [9.17, 15) is 0 Å². The van der Waals surface area contributed by atoms with Crippen molar-refractivity contribution in [2.45, 2.75) is 19.4 Å². The van der Waals surface area contributed by atoms with Crippen LogP contribution < -0.4 is 0 Å². The average molecular weight is 149 g/mol. The molecule has 0 saturated carbocycles. The Hall–Kier alpha value is -0.560. The van der Waals surface area contributed by atoms with Crippen molar-refractivity contribution in [2.24, 2.45) is 5.92 Å². The van der Waals surface area contributed by atoms with Crippen LogP contribution in [0, 0.1) is 5.92 Å². The van der Waals surface area contributed by atoms with Crippen LogP contribution in [0.25, 0.3) is 0 Å². The highest BCUT2D eigenvalue weighted by molar-refractivity contribution is 5.24. The molecule has 1 fully saturated rings. The molecule has 60 valence electrons. The molecular formula is C10H15N. The number of rotatable bonds is 1. The maximum atomic E-state index is 2.51. The topological polar surface area (TPSA) is 3.01 Å². The van der Waals surface area contributed by atoms with Crippen LogP contribution in [-0.4, -0.2) is 23.5 Å². The summed E-state index contributed by atoms with van der Waals surface area (Å²) < 4.78 is 0. The lowest BCUT2D eigenvalue weighted by atomic mass is 9.83. The van der Waals surface area contributed by atoms with Gasteiger partial charge in [-0.1, -0.05) is 31.2 Å². The van der Waals surface area contributed by atoms with E-state index >= 15 is 0 Å². The van der Waals surface area contributed by atoms with Gasteiger partial charge in [0.15, 0.2) is 0 Å². The number of hydrogen-bond acceptors (Lipinski definition) is 1. The fourth-order valence-electron chi connectivity index (χ4n) is 1.75. The SMILES string of the molecule is CC1C=CC=CC1(C)N1CC1. The van der Waals surface area contributed by atoms with E-state index in [0.29, 0.717) is 11.5 Å². The van der Waals surface area contributed by atoms with Crippen LogP contribution in [-0.2, 0) is 0 Å². The minimum Gasteiger partial charge on any atom is -0.291 e. The van der Waals surface area contributed by atoms with E-state index in [0.717, 1.165) is 0 Å². The Morgan fingerprint density at radius 3 is 2.64 bits per heavy atom. The van der Waals surface area contributed by atoms with E-state index in [1.807, 2.05) is 0 Å². The highest BCUT2D eigenvalue weighted by Gasteiger charge is 2.40. The van der Waals surface area contributed by atoms with Crippen molar-refractivity contribution in [1.29, 1.82) is 0 Å². The minimum atomic E-state index is 0.314. The zero-order valence-electron chi connectivity index (χ0n) is 7.25. The summed E-state index contributed by atoms with van der Waals surface area (Å²) in [6.45, 7) is 7.17. The Morgan fingerprint density at radius 1 is 1.36 bits per heavy atom. The maximum Gasteiger partial charge on any atom is 0.0427 e. The lowest BCUT2D eigenvalue weighted by Crippen LogP contribution is -2.39. The number of nitrogens with zero attached hydrogens (tertiary/aromatic N) is 1. The highest BCUT2D eigenvalue weighted by Crippen LogP contribution is 2.34. The van der Waals surface area contributed by atoms with Crippen molar-refractivity contribution >= 4 is 0 Å². The Labute approximate surface area is 68.4 Å². The van der Waals surface area contributed by atoms with Crippen LogP contribution in [0.5, 0.6) is 0 Å². The monoisotopic (exact) mass is 149 g/mol. The molecule has 1 heterocycles. The van der Waals surface area contributed by atoms with Crippen molar-refractivity contribution < 1.29 is 0 Å². The Morgan fingerprint density at radius 2 is 2.09 bits per heavy atom. The molecule has 1 aliphatic carbocycles. The summed E-state index contributed by atoms with van der Waals surface area (Å²) in [4.78, 5) is 2.51. The predicted octanol–water partition coefficient (Wildman–Crippen LogP) is 1.82. The second-order valence-electron chi connectivity index (χ2n) is 3.75. The molecule has 11 heavy (non-hydrogen) atoms. The first-order valence-corrected chi connectivity index (χ1v) is 4.34. The lowest BCUT2D eigenvalue weighted by molar-refractivity contribution is 0.257. The van der Waals surface area contributed by atoms with Gasteiger partial charge in [0.25, 0.3) is 0 Å². The smallest absolute Gasteiger partial charge is 0.0427 e. The van der Waals surface area contributed by atoms with E-state index in [-0.39, 0.29) is 0 Å². The second kappa shape index (κ2) is 2.21. The summed E-state index contributed by atoms with van der Waals surface area (Å²) in [6, 6.07) is 0. The molecule has 0 amide bonds. The molecule has 1 nitrogen and oxygen atoms in total. The summed E-state index contributed by atoms with van der Waals surface area (Å²) in [5.41, 5.74) is 0.314. The van der Waals surface area contributed by atoms with E-state index in [1.165, 1.54) is 13.1 Å². The van der Waals surface area contributed by atoms with Gasteiger partial charge in [-0.2, -0.15) is 0 Å². The number of allylic oxidation sites excluding steroid dienone is 2. The molecule has 1 aliphatic heterocycles. The fraction of sp³-hybridized carbons (Fsp3) is 0.600. The Balaban J connectivity index is 2.22. The molecule has 2 rings (SSSR count). The normalized spacial score (nSPS) is 42.9. The molecule has 2 unspecified atom stereocenters. The standard InChI is InChI=1S/C10H15N/c1-9-5-3-4-6-10(9,2)11-7-8-11/h3-6,9H,7-8H2,1-2H3. The first kappa shape index (κ1) is 7.11. The van der Waals surface area contributed by atoms with E-state index in [2.05, 4.69) is 43.1 Å². The molecule has 0 spiro atoms. The molecular weight excluding hydrogens is 134 g/mol. The lowest BCUT2D eigenvalue weighted by Gasteiger charge is -2.34. The van der Waals surface area contributed by atoms with Gasteiger partial charge in [-0.3, -0.25) is 4.90 Å². The summed E-state index contributed by atoms with van der Waals surface area (Å²) in [5.74, 6) is 0.662. The minimum absolute atomic E-state index is 0.314. The van der Waals surface area contributed by atoms with Crippen LogP contribution >= 0.6 is 0 Å². The van der Waals surface area contributed by atoms with Crippen molar-refractivity contribution in [3.8, 4) is 0 Å². The average Bonchev–Trinajstić information content (AvgIpc) is 2.77. The third-order valence-electron chi connectivity index (χ3n) is 3.00. The van der Waals surface area contributed by atoms with Gasteiger partial charge in [0.1, 0.15) is 0 Å². The van der Waals surface area contributed by atoms with Crippen molar-refractivity contribution in [3.05, 3.63) is 24.3 Å². The van der Waals surface area contributed by atoms with Crippen LogP contribution in [0.15, 0.2) is 24.3 Å². The van der Waals surface area contributed by atoms with Gasteiger partial charge in [0, 0.05) is 18.6 Å². The molecule has 1 saturated heterocycles. The molecule has 1 heteroatoms. The summed E-state index contributed by atoms with van der Waals surface area (Å²) in [7, 11) is 0. The van der Waals surface area contributed by atoms with Crippen LogP contribution in [0.4, 0.5) is 0 Å². The van der Waals surface area contributed by atoms with Crippen molar-refractivity contribution in [1.82, 2.24) is 4.90 Å². The largest absolute Gasteiger partial charge is 0.291 e. The third kappa shape index (κ3) is 1.04. The van der Waals surface area contributed by atoms with Crippen LogP contribution in [0.3, 0.4) is 0 Å². The molecule has 0 N–H and O–H groups in total. The number of hydrogen-bond donors (Lipinski definition) is 0. The zero-order chi connectivity index (χ0) is 7.90. The quantitative estimate of drug-likeness (QED) is 0.514. The van der Waals surface area contributed by atoms with Crippen molar-refractivity contribution in [3.63, 3.8) is 0 Å². The van der Waals surface area contributed by atoms with Gasteiger partial charge in [-0.05, 0) is 12.8 Å². The first-order valence-electron chi connectivity index (χ1n) is 4.34. The van der Waals surface area contributed by atoms with Gasteiger partial charge >= 0.3 is 0 Å². The van der Waals surface area contributed by atoms with Crippen molar-refractivity contribution in [2.75, 3.05) is 13.1 Å². The van der Waals surface area contributed by atoms with Gasteiger partial charge in [-0.25, -0.2) is 0 Å². The van der Waals surface area contributed by atoms with Crippen LogP contribution in [0.2, 0.25) is 0 Å². The Bertz CT molecular complexity index is 213. The molecule has 0 aromatic heterocycles. The molecule has 0 aromatic carbocycles. The van der Waals surface area contributed by atoms with Crippen LogP contribution in [0.1, 0.15) is 13.8 Å². The zero-order valence-corrected chi connectivity index (χ0v) is 7.25. The second-order valence-corrected chi connectivity index (χ2v) is 3.75. The summed E-state index contributed by atoms with van der Waals surface area (Å²) in [6.07, 6.45) is 8.93. The third-order valence-corrected chi connectivity index (χ3v) is 3.00. The maximum absolute atomic E-state index is 2.51. The molecule has 0 bridgehead atoms. The van der Waals surface area contributed by atoms with Gasteiger partial charge in [0.05, 0.1) is 0 Å². The molecule has 2 atom stereocenters. The summed E-state index contributed by atoms with van der Waals surface area (Å²) >= 11 is 0. The van der Waals surface area contributed by atoms with Gasteiger partial charge in [-0.15, -0.1) is 0 Å². The first-order chi connectivity index (χ1) is 5.23. The van der Waals surface area contributed by atoms with Gasteiger partial charge in [0.2, 0.25) is 0 Å². The van der Waals surface area contributed by atoms with E-state index < -0.39 is 0 Å². The fourth-order valence-corrected chi connectivity index (χ4v) is 1.75. The molecule has 0 aromatic rings. The van der Waals surface area contributed by atoms with E-state index in [1.54, 1.807) is 0 Å². The van der Waals surface area contributed by atoms with Gasteiger partial charge < -0.3 is 0 Å². The predicted molar refractivity (Wildman–Crippen MR) is 47.4 cm³/mol. The summed E-state index contributed by atoms with van der Waals surface area (Å²) in [5, 5.41) is 0. The molecule has 0 radical (unpaired) electrons. The van der Waals surface area contributed by atoms with E-state index in [4.69, 9.17) is 0 Å². The molecule has 2 aliphatic rings.